The lowest BCUT2D eigenvalue weighted by molar-refractivity contribution is -0.703. The van der Waals surface area contributed by atoms with Gasteiger partial charge in [-0.15, -0.1) is 0 Å². The maximum atomic E-state index is 4.12. The van der Waals surface area contributed by atoms with Gasteiger partial charge in [0.05, 0.1) is 0 Å². The van der Waals surface area contributed by atoms with E-state index in [9.17, 15) is 0 Å². The Bertz CT molecular complexity index is 606. The molecule has 0 amide bonds. The van der Waals surface area contributed by atoms with Crippen molar-refractivity contribution in [2.75, 3.05) is 0 Å². The van der Waals surface area contributed by atoms with Gasteiger partial charge in [0.1, 0.15) is 0 Å². The minimum Gasteiger partial charge on any atom is -0.265 e. The van der Waals surface area contributed by atoms with E-state index in [2.05, 4.69) is 60.1 Å². The van der Waals surface area contributed by atoms with Gasteiger partial charge in [0.15, 0.2) is 18.9 Å². The van der Waals surface area contributed by atoms with E-state index >= 15 is 0 Å². The van der Waals surface area contributed by atoms with Crippen LogP contribution in [0.5, 0.6) is 0 Å². The number of hydrogen-bond donors (Lipinski definition) is 0. The summed E-state index contributed by atoms with van der Waals surface area (Å²) in [5.74, 6) is 0.819. The highest BCUT2D eigenvalue weighted by atomic mass is 14.9. The van der Waals surface area contributed by atoms with E-state index in [0.29, 0.717) is 0 Å². The van der Waals surface area contributed by atoms with E-state index in [1.54, 1.807) is 0 Å². The van der Waals surface area contributed by atoms with Crippen molar-refractivity contribution in [2.24, 2.45) is 5.92 Å². The number of unbranched alkanes of at least 4 members (excludes halogenated alkanes) is 8. The fraction of sp³-hybridized carbons (Fsp3) is 0.615. The predicted molar refractivity (Wildman–Crippen MR) is 120 cm³/mol. The average molecular weight is 382 g/mol. The van der Waals surface area contributed by atoms with Gasteiger partial charge in [-0.1, -0.05) is 78.1 Å². The van der Waals surface area contributed by atoms with Crippen molar-refractivity contribution in [2.45, 2.75) is 97.4 Å². The Morgan fingerprint density at radius 3 is 1.79 bits per heavy atom. The smallest absolute Gasteiger partial charge is 0.169 e. The zero-order chi connectivity index (χ0) is 19.9. The predicted octanol–water partition coefficient (Wildman–Crippen LogP) is 7.37. The molecule has 2 heterocycles. The molecule has 2 heteroatoms. The van der Waals surface area contributed by atoms with Crippen LogP contribution < -0.4 is 4.57 Å². The molecule has 0 saturated heterocycles. The quantitative estimate of drug-likeness (QED) is 0.232. The molecule has 0 aliphatic rings. The summed E-state index contributed by atoms with van der Waals surface area (Å²) in [6, 6.07) is 8.64. The Hall–Kier alpha value is -1.70. The summed E-state index contributed by atoms with van der Waals surface area (Å²) in [5, 5.41) is 0. The topological polar surface area (TPSA) is 16.8 Å². The molecule has 0 fully saturated rings. The Morgan fingerprint density at radius 1 is 0.679 bits per heavy atom. The summed E-state index contributed by atoms with van der Waals surface area (Å²) in [6.45, 7) is 5.76. The number of aromatic nitrogens is 2. The van der Waals surface area contributed by atoms with Gasteiger partial charge in [0, 0.05) is 30.4 Å². The molecule has 154 valence electrons. The highest BCUT2D eigenvalue weighted by Crippen LogP contribution is 2.20. The van der Waals surface area contributed by atoms with Crippen molar-refractivity contribution in [1.29, 1.82) is 0 Å². The lowest BCUT2D eigenvalue weighted by Gasteiger charge is -2.14. The van der Waals surface area contributed by atoms with Crippen molar-refractivity contribution in [3.05, 3.63) is 49.1 Å². The SMILES string of the molecule is CCCCCCCCC(CCCCCC)C[n+]1ccc(-c2ccncc2)cc1. The van der Waals surface area contributed by atoms with Gasteiger partial charge in [0.25, 0.3) is 0 Å². The molecule has 2 aromatic heterocycles. The van der Waals surface area contributed by atoms with Crippen molar-refractivity contribution in [1.82, 2.24) is 4.98 Å². The van der Waals surface area contributed by atoms with E-state index < -0.39 is 0 Å². The minimum absolute atomic E-state index is 0.819. The molecule has 0 aliphatic heterocycles. The molecular formula is C26H41N2+. The number of pyridine rings is 2. The van der Waals surface area contributed by atoms with Crippen LogP contribution in [0.15, 0.2) is 49.1 Å². The van der Waals surface area contributed by atoms with Gasteiger partial charge >= 0.3 is 0 Å². The van der Waals surface area contributed by atoms with Gasteiger partial charge in [-0.2, -0.15) is 0 Å². The van der Waals surface area contributed by atoms with E-state index in [-0.39, 0.29) is 0 Å². The second-order valence-electron chi connectivity index (χ2n) is 8.29. The van der Waals surface area contributed by atoms with Crippen molar-refractivity contribution in [3.8, 4) is 11.1 Å². The molecule has 0 aliphatic carbocycles. The van der Waals surface area contributed by atoms with E-state index in [4.69, 9.17) is 0 Å². The molecular weight excluding hydrogens is 340 g/mol. The Morgan fingerprint density at radius 2 is 1.18 bits per heavy atom. The Labute approximate surface area is 173 Å². The van der Waals surface area contributed by atoms with Crippen LogP contribution >= 0.6 is 0 Å². The summed E-state index contributed by atoms with van der Waals surface area (Å²) in [6.07, 6.45) is 24.9. The highest BCUT2D eigenvalue weighted by Gasteiger charge is 2.14. The standard InChI is InChI=1S/C26H41N2/c1-3-5-7-9-10-12-14-24(13-11-8-6-4-2)23-28-21-17-26(18-22-28)25-15-19-27-20-16-25/h15-22,24H,3-14,23H2,1-2H3/q+1. The largest absolute Gasteiger partial charge is 0.265 e. The van der Waals surface area contributed by atoms with Crippen LogP contribution in [0.4, 0.5) is 0 Å². The molecule has 0 saturated carbocycles. The molecule has 0 radical (unpaired) electrons. The first-order valence-electron chi connectivity index (χ1n) is 11.7. The molecule has 1 unspecified atom stereocenters. The van der Waals surface area contributed by atoms with E-state index in [1.165, 1.54) is 88.2 Å². The van der Waals surface area contributed by atoms with Crippen LogP contribution in [0.3, 0.4) is 0 Å². The van der Waals surface area contributed by atoms with Crippen LogP contribution in [0, 0.1) is 5.92 Å². The third kappa shape index (κ3) is 8.99. The van der Waals surface area contributed by atoms with Gasteiger partial charge in [0.2, 0.25) is 0 Å². The van der Waals surface area contributed by atoms with Crippen molar-refractivity contribution in [3.63, 3.8) is 0 Å². The first-order chi connectivity index (χ1) is 13.8. The second-order valence-corrected chi connectivity index (χ2v) is 8.29. The minimum atomic E-state index is 0.819. The zero-order valence-electron chi connectivity index (χ0n) is 18.3. The molecule has 0 spiro atoms. The average Bonchev–Trinajstić information content (AvgIpc) is 2.74. The molecule has 28 heavy (non-hydrogen) atoms. The van der Waals surface area contributed by atoms with E-state index in [1.807, 2.05) is 12.4 Å². The molecule has 0 bridgehead atoms. The molecule has 2 aromatic rings. The summed E-state index contributed by atoms with van der Waals surface area (Å²) in [7, 11) is 0. The fourth-order valence-electron chi connectivity index (χ4n) is 4.01. The summed E-state index contributed by atoms with van der Waals surface area (Å²) < 4.78 is 2.40. The molecule has 0 aromatic carbocycles. The summed E-state index contributed by atoms with van der Waals surface area (Å²) in [4.78, 5) is 4.12. The van der Waals surface area contributed by atoms with Crippen LogP contribution in [-0.2, 0) is 6.54 Å². The Kier molecular flexibility index (Phi) is 11.6. The number of nitrogens with zero attached hydrogens (tertiary/aromatic N) is 2. The third-order valence-electron chi connectivity index (χ3n) is 5.81. The molecule has 2 rings (SSSR count). The molecule has 0 N–H and O–H groups in total. The summed E-state index contributed by atoms with van der Waals surface area (Å²) >= 11 is 0. The van der Waals surface area contributed by atoms with Crippen molar-refractivity contribution >= 4 is 0 Å². The van der Waals surface area contributed by atoms with Gasteiger partial charge in [-0.3, -0.25) is 4.98 Å². The van der Waals surface area contributed by atoms with Crippen molar-refractivity contribution < 1.29 is 4.57 Å². The van der Waals surface area contributed by atoms with Gasteiger partial charge in [-0.05, 0) is 36.1 Å². The van der Waals surface area contributed by atoms with Crippen LogP contribution in [0.25, 0.3) is 11.1 Å². The van der Waals surface area contributed by atoms with Crippen LogP contribution in [-0.4, -0.2) is 4.98 Å². The van der Waals surface area contributed by atoms with E-state index in [0.717, 1.165) is 12.5 Å². The first-order valence-corrected chi connectivity index (χ1v) is 11.7. The molecule has 2 nitrogen and oxygen atoms in total. The fourth-order valence-corrected chi connectivity index (χ4v) is 4.01. The number of hydrogen-bond acceptors (Lipinski definition) is 1. The van der Waals surface area contributed by atoms with Crippen LogP contribution in [0.1, 0.15) is 90.9 Å². The number of rotatable bonds is 15. The highest BCUT2D eigenvalue weighted by molar-refractivity contribution is 5.61. The Balaban J connectivity index is 1.84. The van der Waals surface area contributed by atoms with Gasteiger partial charge < -0.3 is 0 Å². The lowest BCUT2D eigenvalue weighted by Crippen LogP contribution is -2.36. The normalized spacial score (nSPS) is 12.2. The maximum Gasteiger partial charge on any atom is 0.169 e. The summed E-state index contributed by atoms with van der Waals surface area (Å²) in [5.41, 5.74) is 2.51. The maximum absolute atomic E-state index is 4.12. The third-order valence-corrected chi connectivity index (χ3v) is 5.81. The lowest BCUT2D eigenvalue weighted by atomic mass is 9.94. The second kappa shape index (κ2) is 14.3. The van der Waals surface area contributed by atoms with Gasteiger partial charge in [-0.25, -0.2) is 4.57 Å². The zero-order valence-corrected chi connectivity index (χ0v) is 18.3. The van der Waals surface area contributed by atoms with Crippen LogP contribution in [0.2, 0.25) is 0 Å². The molecule has 1 atom stereocenters. The first kappa shape index (κ1) is 22.6. The monoisotopic (exact) mass is 381 g/mol.